The first-order valence-electron chi connectivity index (χ1n) is 7.69. The second-order valence-electron chi connectivity index (χ2n) is 5.79. The Morgan fingerprint density at radius 3 is 2.81 bits per heavy atom. The number of aromatic nitrogens is 1. The van der Waals surface area contributed by atoms with Gasteiger partial charge in [-0.25, -0.2) is 0 Å². The fraction of sp³-hybridized carbons (Fsp3) is 0.389. The third kappa shape index (κ3) is 3.69. The Labute approximate surface area is 126 Å². The molecule has 1 aliphatic rings. The maximum atomic E-state index is 10.4. The molecule has 1 fully saturated rings. The van der Waals surface area contributed by atoms with Crippen molar-refractivity contribution < 1.29 is 5.11 Å². The molecule has 0 amide bonds. The minimum Gasteiger partial charge on any atom is -0.388 e. The van der Waals surface area contributed by atoms with Crippen LogP contribution in [0.1, 0.15) is 36.5 Å². The van der Waals surface area contributed by atoms with Crippen LogP contribution in [0.5, 0.6) is 0 Å². The standard InChI is InChI=1S/C18H22N2O/c21-18(16-7-2-1-3-8-16)12-17-9-5-11-20(17)14-15-6-4-10-19-13-15/h1-4,6-8,10,13,17-18,21H,5,9,11-12,14H2/t17-,18+/m0/s1. The topological polar surface area (TPSA) is 36.4 Å². The molecule has 0 saturated carbocycles. The van der Waals surface area contributed by atoms with Gasteiger partial charge in [-0.2, -0.15) is 0 Å². The molecule has 0 radical (unpaired) electrons. The fourth-order valence-electron chi connectivity index (χ4n) is 3.17. The summed E-state index contributed by atoms with van der Waals surface area (Å²) in [5, 5.41) is 10.4. The number of rotatable bonds is 5. The Hall–Kier alpha value is -1.71. The summed E-state index contributed by atoms with van der Waals surface area (Å²) in [5.41, 5.74) is 2.27. The highest BCUT2D eigenvalue weighted by Crippen LogP contribution is 2.28. The van der Waals surface area contributed by atoms with E-state index in [4.69, 9.17) is 0 Å². The van der Waals surface area contributed by atoms with E-state index in [9.17, 15) is 5.11 Å². The van der Waals surface area contributed by atoms with E-state index in [0.29, 0.717) is 6.04 Å². The van der Waals surface area contributed by atoms with Crippen molar-refractivity contribution in [3.63, 3.8) is 0 Å². The predicted octanol–water partition coefficient (Wildman–Crippen LogP) is 3.17. The van der Waals surface area contributed by atoms with E-state index in [1.165, 1.54) is 18.4 Å². The average molecular weight is 282 g/mol. The van der Waals surface area contributed by atoms with E-state index in [2.05, 4.69) is 16.0 Å². The van der Waals surface area contributed by atoms with Crippen LogP contribution in [0.15, 0.2) is 54.9 Å². The van der Waals surface area contributed by atoms with Crippen LogP contribution in [0.4, 0.5) is 0 Å². The first-order valence-corrected chi connectivity index (χ1v) is 7.69. The SMILES string of the molecule is O[C@H](C[C@@H]1CCCN1Cc1cccnc1)c1ccccc1. The van der Waals surface area contributed by atoms with Crippen LogP contribution in [-0.4, -0.2) is 27.6 Å². The molecule has 2 atom stereocenters. The molecule has 2 heterocycles. The lowest BCUT2D eigenvalue weighted by atomic mass is 10.0. The third-order valence-electron chi connectivity index (χ3n) is 4.29. The Morgan fingerprint density at radius 1 is 1.19 bits per heavy atom. The zero-order valence-corrected chi connectivity index (χ0v) is 12.2. The summed E-state index contributed by atoms with van der Waals surface area (Å²) >= 11 is 0. The molecule has 1 saturated heterocycles. The molecule has 0 unspecified atom stereocenters. The van der Waals surface area contributed by atoms with E-state index < -0.39 is 0 Å². The quantitative estimate of drug-likeness (QED) is 0.915. The monoisotopic (exact) mass is 282 g/mol. The highest BCUT2D eigenvalue weighted by Gasteiger charge is 2.27. The van der Waals surface area contributed by atoms with Crippen LogP contribution in [0.3, 0.4) is 0 Å². The molecule has 3 nitrogen and oxygen atoms in total. The number of benzene rings is 1. The fourth-order valence-corrected chi connectivity index (χ4v) is 3.17. The second kappa shape index (κ2) is 6.83. The van der Waals surface area contributed by atoms with E-state index in [0.717, 1.165) is 25.1 Å². The molecule has 1 aromatic carbocycles. The predicted molar refractivity (Wildman–Crippen MR) is 83.7 cm³/mol. The molecule has 3 heteroatoms. The van der Waals surface area contributed by atoms with Crippen LogP contribution in [0.2, 0.25) is 0 Å². The van der Waals surface area contributed by atoms with Crippen molar-refractivity contribution in [1.82, 2.24) is 9.88 Å². The molecular weight excluding hydrogens is 260 g/mol. The first-order chi connectivity index (χ1) is 10.3. The van der Waals surface area contributed by atoms with Crippen LogP contribution < -0.4 is 0 Å². The summed E-state index contributed by atoms with van der Waals surface area (Å²) in [4.78, 5) is 6.66. The number of aliphatic hydroxyl groups is 1. The van der Waals surface area contributed by atoms with Crippen molar-refractivity contribution in [2.24, 2.45) is 0 Å². The van der Waals surface area contributed by atoms with Gasteiger partial charge in [0.25, 0.3) is 0 Å². The van der Waals surface area contributed by atoms with Gasteiger partial charge >= 0.3 is 0 Å². The number of likely N-dealkylation sites (tertiary alicyclic amines) is 1. The van der Waals surface area contributed by atoms with Gasteiger partial charge in [0.15, 0.2) is 0 Å². The van der Waals surface area contributed by atoms with Crippen molar-refractivity contribution in [3.8, 4) is 0 Å². The van der Waals surface area contributed by atoms with Crippen molar-refractivity contribution in [2.45, 2.75) is 38.0 Å². The van der Waals surface area contributed by atoms with Gasteiger partial charge in [0.1, 0.15) is 0 Å². The van der Waals surface area contributed by atoms with Gasteiger partial charge < -0.3 is 5.11 Å². The lowest BCUT2D eigenvalue weighted by molar-refractivity contribution is 0.118. The summed E-state index contributed by atoms with van der Waals surface area (Å²) < 4.78 is 0. The van der Waals surface area contributed by atoms with Crippen LogP contribution in [0.25, 0.3) is 0 Å². The summed E-state index contributed by atoms with van der Waals surface area (Å²) in [6, 6.07) is 14.5. The number of hydrogen-bond donors (Lipinski definition) is 1. The van der Waals surface area contributed by atoms with Crippen molar-refractivity contribution in [2.75, 3.05) is 6.54 Å². The van der Waals surface area contributed by atoms with Gasteiger partial charge in [0.05, 0.1) is 6.10 Å². The number of aliphatic hydroxyl groups excluding tert-OH is 1. The summed E-state index contributed by atoms with van der Waals surface area (Å²) in [7, 11) is 0. The van der Waals surface area contributed by atoms with Crippen molar-refractivity contribution in [3.05, 3.63) is 66.0 Å². The van der Waals surface area contributed by atoms with Crippen LogP contribution in [-0.2, 0) is 6.54 Å². The Morgan fingerprint density at radius 2 is 2.05 bits per heavy atom. The van der Waals surface area contributed by atoms with Crippen LogP contribution in [0, 0.1) is 0 Å². The van der Waals surface area contributed by atoms with E-state index in [1.54, 1.807) is 0 Å². The highest BCUT2D eigenvalue weighted by atomic mass is 16.3. The zero-order chi connectivity index (χ0) is 14.5. The van der Waals surface area contributed by atoms with E-state index in [1.807, 2.05) is 48.8 Å². The normalized spacial score (nSPS) is 20.5. The number of nitrogens with zero attached hydrogens (tertiary/aromatic N) is 2. The van der Waals surface area contributed by atoms with E-state index >= 15 is 0 Å². The number of pyridine rings is 1. The molecule has 1 aliphatic heterocycles. The summed E-state index contributed by atoms with van der Waals surface area (Å²) in [6.07, 6.45) is 6.57. The third-order valence-corrected chi connectivity index (χ3v) is 4.29. The molecule has 0 aliphatic carbocycles. The molecule has 1 aromatic heterocycles. The van der Waals surface area contributed by atoms with Gasteiger partial charge in [-0.3, -0.25) is 9.88 Å². The summed E-state index contributed by atoms with van der Waals surface area (Å²) in [5.74, 6) is 0. The molecule has 0 spiro atoms. The first kappa shape index (κ1) is 14.2. The molecule has 0 bridgehead atoms. The number of hydrogen-bond acceptors (Lipinski definition) is 3. The lowest BCUT2D eigenvalue weighted by Crippen LogP contribution is -2.30. The maximum absolute atomic E-state index is 10.4. The molecule has 110 valence electrons. The van der Waals surface area contributed by atoms with Gasteiger partial charge in [0, 0.05) is 25.0 Å². The van der Waals surface area contributed by atoms with Crippen molar-refractivity contribution >= 4 is 0 Å². The van der Waals surface area contributed by atoms with Gasteiger partial charge in [0.2, 0.25) is 0 Å². The van der Waals surface area contributed by atoms with Gasteiger partial charge in [-0.15, -0.1) is 0 Å². The van der Waals surface area contributed by atoms with Gasteiger partial charge in [-0.1, -0.05) is 36.4 Å². The molecule has 21 heavy (non-hydrogen) atoms. The molecule has 3 rings (SSSR count). The summed E-state index contributed by atoms with van der Waals surface area (Å²) in [6.45, 7) is 2.04. The Bertz CT molecular complexity index is 544. The highest BCUT2D eigenvalue weighted by molar-refractivity contribution is 5.17. The van der Waals surface area contributed by atoms with Crippen LogP contribution >= 0.6 is 0 Å². The lowest BCUT2D eigenvalue weighted by Gasteiger charge is -2.26. The van der Waals surface area contributed by atoms with Gasteiger partial charge in [-0.05, 0) is 43.0 Å². The zero-order valence-electron chi connectivity index (χ0n) is 12.2. The minimum absolute atomic E-state index is 0.370. The largest absolute Gasteiger partial charge is 0.388 e. The smallest absolute Gasteiger partial charge is 0.0805 e. The average Bonchev–Trinajstić information content (AvgIpc) is 2.96. The van der Waals surface area contributed by atoms with E-state index in [-0.39, 0.29) is 6.10 Å². The maximum Gasteiger partial charge on any atom is 0.0805 e. The van der Waals surface area contributed by atoms with Crippen molar-refractivity contribution in [1.29, 1.82) is 0 Å². The second-order valence-corrected chi connectivity index (χ2v) is 5.79. The Kier molecular flexibility index (Phi) is 4.63. The molecule has 2 aromatic rings. The molecule has 1 N–H and O–H groups in total. The minimum atomic E-state index is -0.370. The Balaban J connectivity index is 1.62. The molecular formula is C18H22N2O.